The number of esters is 1. The number of rotatable bonds is 6. The normalized spacial score (nSPS) is 30.1. The summed E-state index contributed by atoms with van der Waals surface area (Å²) in [6, 6.07) is 0.191. The van der Waals surface area contributed by atoms with E-state index >= 15 is 0 Å². The Labute approximate surface area is 116 Å². The molecule has 2 aliphatic rings. The lowest BCUT2D eigenvalue weighted by Gasteiger charge is -2.54. The van der Waals surface area contributed by atoms with E-state index in [1.54, 1.807) is 0 Å². The summed E-state index contributed by atoms with van der Waals surface area (Å²) in [5, 5.41) is 3.47. The molecule has 2 rings (SSSR count). The predicted octanol–water partition coefficient (Wildman–Crippen LogP) is 2.27. The maximum Gasteiger partial charge on any atom is 0.322 e. The molecule has 4 heteroatoms. The van der Waals surface area contributed by atoms with Crippen molar-refractivity contribution in [1.29, 1.82) is 0 Å². The zero-order valence-electron chi connectivity index (χ0n) is 12.4. The number of carbonyl (C=O) groups is 1. The van der Waals surface area contributed by atoms with Crippen molar-refractivity contribution in [3.05, 3.63) is 0 Å². The van der Waals surface area contributed by atoms with Crippen LogP contribution in [0.25, 0.3) is 0 Å². The van der Waals surface area contributed by atoms with Gasteiger partial charge in [-0.3, -0.25) is 4.79 Å². The van der Waals surface area contributed by atoms with Crippen molar-refractivity contribution in [3.8, 4) is 0 Å². The summed E-state index contributed by atoms with van der Waals surface area (Å²) < 4.78 is 10.9. The van der Waals surface area contributed by atoms with Gasteiger partial charge in [0.25, 0.3) is 0 Å². The molecule has 0 aromatic rings. The first-order chi connectivity index (χ1) is 9.14. The summed E-state index contributed by atoms with van der Waals surface area (Å²) in [4.78, 5) is 11.7. The van der Waals surface area contributed by atoms with Gasteiger partial charge in [-0.2, -0.15) is 0 Å². The van der Waals surface area contributed by atoms with E-state index in [1.165, 1.54) is 25.7 Å². The summed E-state index contributed by atoms with van der Waals surface area (Å²) in [5.74, 6) is -0.143. The van der Waals surface area contributed by atoms with Crippen molar-refractivity contribution in [2.75, 3.05) is 13.2 Å². The third-order valence-corrected chi connectivity index (χ3v) is 4.78. The van der Waals surface area contributed by atoms with Crippen LogP contribution in [0.5, 0.6) is 0 Å². The molecule has 2 saturated carbocycles. The Bertz CT molecular complexity index is 313. The van der Waals surface area contributed by atoms with E-state index in [-0.39, 0.29) is 17.4 Å². The topological polar surface area (TPSA) is 47.6 Å². The molecule has 19 heavy (non-hydrogen) atoms. The Morgan fingerprint density at radius 1 is 1.32 bits per heavy atom. The molecule has 0 aromatic heterocycles. The van der Waals surface area contributed by atoms with Crippen molar-refractivity contribution < 1.29 is 14.3 Å². The first kappa shape index (κ1) is 14.8. The molecule has 0 saturated heterocycles. The largest absolute Gasteiger partial charge is 0.465 e. The van der Waals surface area contributed by atoms with Gasteiger partial charge in [-0.05, 0) is 40.0 Å². The fraction of sp³-hybridized carbons (Fsp3) is 0.933. The van der Waals surface area contributed by atoms with Gasteiger partial charge in [0.15, 0.2) is 0 Å². The second-order valence-corrected chi connectivity index (χ2v) is 5.81. The first-order valence-corrected chi connectivity index (χ1v) is 7.68. The summed E-state index contributed by atoms with van der Waals surface area (Å²) in [6.07, 6.45) is 6.44. The summed E-state index contributed by atoms with van der Waals surface area (Å²) in [5.41, 5.74) is 0.275. The van der Waals surface area contributed by atoms with Crippen molar-refractivity contribution in [2.45, 2.75) is 71.1 Å². The molecule has 4 nitrogen and oxygen atoms in total. The Balaban J connectivity index is 1.92. The molecule has 0 aliphatic heterocycles. The second kappa shape index (κ2) is 6.23. The SMILES string of the molecule is CCOC(=O)C(C)NC1CC(OCC)C12CCCC2. The van der Waals surface area contributed by atoms with Crippen LogP contribution in [0, 0.1) is 5.41 Å². The van der Waals surface area contributed by atoms with Gasteiger partial charge in [0, 0.05) is 18.1 Å². The molecule has 0 heterocycles. The average Bonchev–Trinajstić information content (AvgIpc) is 2.90. The van der Waals surface area contributed by atoms with Crippen LogP contribution in [-0.4, -0.2) is 37.4 Å². The molecule has 110 valence electrons. The third-order valence-electron chi connectivity index (χ3n) is 4.78. The van der Waals surface area contributed by atoms with Crippen LogP contribution in [0.2, 0.25) is 0 Å². The molecular formula is C15H27NO3. The van der Waals surface area contributed by atoms with E-state index in [1.807, 2.05) is 13.8 Å². The fourth-order valence-corrected chi connectivity index (χ4v) is 3.76. The average molecular weight is 269 g/mol. The number of hydrogen-bond donors (Lipinski definition) is 1. The molecule has 0 aromatic carbocycles. The van der Waals surface area contributed by atoms with Crippen molar-refractivity contribution >= 4 is 5.97 Å². The lowest BCUT2D eigenvalue weighted by Crippen LogP contribution is -2.65. The van der Waals surface area contributed by atoms with E-state index in [9.17, 15) is 4.79 Å². The highest BCUT2D eigenvalue weighted by Gasteiger charge is 2.56. The van der Waals surface area contributed by atoms with Crippen molar-refractivity contribution in [1.82, 2.24) is 5.32 Å². The molecule has 1 spiro atoms. The predicted molar refractivity (Wildman–Crippen MR) is 74.0 cm³/mol. The molecule has 2 aliphatic carbocycles. The highest BCUT2D eigenvalue weighted by Crippen LogP contribution is 2.54. The van der Waals surface area contributed by atoms with Gasteiger partial charge in [0.2, 0.25) is 0 Å². The Kier molecular flexibility index (Phi) is 4.85. The first-order valence-electron chi connectivity index (χ1n) is 7.68. The van der Waals surface area contributed by atoms with Gasteiger partial charge < -0.3 is 14.8 Å². The second-order valence-electron chi connectivity index (χ2n) is 5.81. The number of carbonyl (C=O) groups excluding carboxylic acids is 1. The molecule has 3 unspecified atom stereocenters. The van der Waals surface area contributed by atoms with E-state index in [2.05, 4.69) is 12.2 Å². The minimum absolute atomic E-state index is 0.143. The van der Waals surface area contributed by atoms with Crippen LogP contribution in [0.15, 0.2) is 0 Å². The van der Waals surface area contributed by atoms with Crippen LogP contribution in [0.3, 0.4) is 0 Å². The maximum absolute atomic E-state index is 11.7. The van der Waals surface area contributed by atoms with Gasteiger partial charge in [-0.25, -0.2) is 0 Å². The molecule has 2 fully saturated rings. The van der Waals surface area contributed by atoms with Gasteiger partial charge in [-0.15, -0.1) is 0 Å². The zero-order valence-corrected chi connectivity index (χ0v) is 12.4. The Hall–Kier alpha value is -0.610. The highest BCUT2D eigenvalue weighted by atomic mass is 16.5. The molecule has 1 N–H and O–H groups in total. The smallest absolute Gasteiger partial charge is 0.322 e. The summed E-state index contributed by atoms with van der Waals surface area (Å²) in [7, 11) is 0. The van der Waals surface area contributed by atoms with Crippen LogP contribution >= 0.6 is 0 Å². The lowest BCUT2D eigenvalue weighted by molar-refractivity contribution is -0.152. The molecule has 0 radical (unpaired) electrons. The van der Waals surface area contributed by atoms with Crippen LogP contribution in [0.4, 0.5) is 0 Å². The summed E-state index contributed by atoms with van der Waals surface area (Å²) >= 11 is 0. The van der Waals surface area contributed by atoms with Crippen LogP contribution < -0.4 is 5.32 Å². The molecule has 0 amide bonds. The molecule has 0 bridgehead atoms. The Morgan fingerprint density at radius 2 is 2.00 bits per heavy atom. The monoisotopic (exact) mass is 269 g/mol. The number of ether oxygens (including phenoxy) is 2. The summed E-state index contributed by atoms with van der Waals surface area (Å²) in [6.45, 7) is 7.03. The highest BCUT2D eigenvalue weighted by molar-refractivity contribution is 5.75. The van der Waals surface area contributed by atoms with Crippen molar-refractivity contribution in [2.24, 2.45) is 5.41 Å². The molecule has 3 atom stereocenters. The van der Waals surface area contributed by atoms with E-state index in [4.69, 9.17) is 9.47 Å². The maximum atomic E-state index is 11.7. The van der Waals surface area contributed by atoms with Crippen LogP contribution in [0.1, 0.15) is 52.9 Å². The van der Waals surface area contributed by atoms with E-state index in [0.29, 0.717) is 18.8 Å². The van der Waals surface area contributed by atoms with Gasteiger partial charge in [0.1, 0.15) is 6.04 Å². The van der Waals surface area contributed by atoms with Crippen molar-refractivity contribution in [3.63, 3.8) is 0 Å². The van der Waals surface area contributed by atoms with Gasteiger partial charge >= 0.3 is 5.97 Å². The fourth-order valence-electron chi connectivity index (χ4n) is 3.76. The van der Waals surface area contributed by atoms with Gasteiger partial charge in [-0.1, -0.05) is 12.8 Å². The minimum Gasteiger partial charge on any atom is -0.465 e. The zero-order chi connectivity index (χ0) is 13.9. The van der Waals surface area contributed by atoms with Crippen LogP contribution in [-0.2, 0) is 14.3 Å². The number of nitrogens with one attached hydrogen (secondary N) is 1. The molecular weight excluding hydrogens is 242 g/mol. The van der Waals surface area contributed by atoms with E-state index < -0.39 is 0 Å². The van der Waals surface area contributed by atoms with Gasteiger partial charge in [0.05, 0.1) is 12.7 Å². The number of hydrogen-bond acceptors (Lipinski definition) is 4. The lowest BCUT2D eigenvalue weighted by atomic mass is 9.60. The quantitative estimate of drug-likeness (QED) is 0.751. The standard InChI is InChI=1S/C15H27NO3/c1-4-18-13-10-12(15(13)8-6-7-9-15)16-11(3)14(17)19-5-2/h11-13,16H,4-10H2,1-3H3. The minimum atomic E-state index is -0.218. The van der Waals surface area contributed by atoms with E-state index in [0.717, 1.165) is 13.0 Å². The Morgan fingerprint density at radius 3 is 2.58 bits per heavy atom. The third kappa shape index (κ3) is 2.79.